The summed E-state index contributed by atoms with van der Waals surface area (Å²) in [5.74, 6) is -1.51. The Bertz CT molecular complexity index is 855. The zero-order valence-electron chi connectivity index (χ0n) is 13.0. The highest BCUT2D eigenvalue weighted by Gasteiger charge is 2.16. The number of hydrogen-bond donors (Lipinski definition) is 1. The molecule has 0 aliphatic rings. The van der Waals surface area contributed by atoms with Gasteiger partial charge in [0.25, 0.3) is 5.91 Å². The fraction of sp³-hybridized carbons (Fsp3) is 0.111. The van der Waals surface area contributed by atoms with Crippen molar-refractivity contribution in [3.05, 3.63) is 83.4 Å². The van der Waals surface area contributed by atoms with E-state index in [0.717, 1.165) is 0 Å². The van der Waals surface area contributed by atoms with Gasteiger partial charge in [0.05, 0.1) is 11.9 Å². The van der Waals surface area contributed by atoms with E-state index in [0.29, 0.717) is 17.1 Å². The van der Waals surface area contributed by atoms with E-state index in [1.165, 1.54) is 24.4 Å². The van der Waals surface area contributed by atoms with Gasteiger partial charge < -0.3 is 9.88 Å². The van der Waals surface area contributed by atoms with Gasteiger partial charge in [0.1, 0.15) is 17.3 Å². The van der Waals surface area contributed by atoms with Gasteiger partial charge in [-0.2, -0.15) is 0 Å². The number of carbonyl (C=O) groups excluding carboxylic acids is 1. The van der Waals surface area contributed by atoms with Crippen LogP contribution in [0.1, 0.15) is 21.7 Å². The summed E-state index contributed by atoms with van der Waals surface area (Å²) in [5, 5.41) is 2.73. The predicted molar refractivity (Wildman–Crippen MR) is 86.8 cm³/mol. The fourth-order valence-corrected chi connectivity index (χ4v) is 2.47. The maximum Gasteiger partial charge on any atom is 0.272 e. The molecule has 0 unspecified atom stereocenters. The summed E-state index contributed by atoms with van der Waals surface area (Å²) in [6.07, 6.45) is 3.21. The summed E-state index contributed by atoms with van der Waals surface area (Å²) in [5.41, 5.74) is 1.59. The molecule has 0 saturated carbocycles. The average molecular weight is 327 g/mol. The van der Waals surface area contributed by atoms with E-state index in [9.17, 15) is 13.6 Å². The summed E-state index contributed by atoms with van der Waals surface area (Å²) in [4.78, 5) is 16.3. The summed E-state index contributed by atoms with van der Waals surface area (Å²) in [7, 11) is 1.69. The third-order valence-corrected chi connectivity index (χ3v) is 3.80. The summed E-state index contributed by atoms with van der Waals surface area (Å²) in [6.45, 7) is 0. The SMILES string of the molecule is Cn1c(Cc2c(F)cccc2F)ccc1C(=O)Nc1cccnc1. The maximum absolute atomic E-state index is 13.8. The molecule has 6 heteroatoms. The molecule has 0 radical (unpaired) electrons. The van der Waals surface area contributed by atoms with Crippen LogP contribution in [0.15, 0.2) is 54.9 Å². The molecule has 0 atom stereocenters. The quantitative estimate of drug-likeness (QED) is 0.797. The van der Waals surface area contributed by atoms with Crippen LogP contribution in [0, 0.1) is 11.6 Å². The molecular weight excluding hydrogens is 312 g/mol. The van der Waals surface area contributed by atoms with Gasteiger partial charge in [0, 0.05) is 30.9 Å². The van der Waals surface area contributed by atoms with Crippen LogP contribution in [0.25, 0.3) is 0 Å². The normalized spacial score (nSPS) is 10.6. The monoisotopic (exact) mass is 327 g/mol. The van der Waals surface area contributed by atoms with Crippen molar-refractivity contribution in [1.29, 1.82) is 0 Å². The molecule has 122 valence electrons. The molecule has 0 saturated heterocycles. The van der Waals surface area contributed by atoms with Crippen LogP contribution in [-0.4, -0.2) is 15.5 Å². The average Bonchev–Trinajstić information content (AvgIpc) is 2.93. The smallest absolute Gasteiger partial charge is 0.272 e. The molecule has 1 aromatic carbocycles. The van der Waals surface area contributed by atoms with Crippen molar-refractivity contribution in [2.75, 3.05) is 5.32 Å². The molecule has 1 N–H and O–H groups in total. The number of halogens is 2. The van der Waals surface area contributed by atoms with Crippen LogP contribution in [-0.2, 0) is 13.5 Å². The number of benzene rings is 1. The van der Waals surface area contributed by atoms with E-state index < -0.39 is 11.6 Å². The van der Waals surface area contributed by atoms with Crippen molar-refractivity contribution in [1.82, 2.24) is 9.55 Å². The minimum atomic E-state index is -0.599. The Morgan fingerprint density at radius 3 is 2.54 bits per heavy atom. The van der Waals surface area contributed by atoms with Crippen molar-refractivity contribution in [2.45, 2.75) is 6.42 Å². The minimum Gasteiger partial charge on any atom is -0.343 e. The summed E-state index contributed by atoms with van der Waals surface area (Å²) < 4.78 is 29.2. The van der Waals surface area contributed by atoms with Crippen LogP contribution in [0.4, 0.5) is 14.5 Å². The molecule has 0 spiro atoms. The van der Waals surface area contributed by atoms with Gasteiger partial charge in [-0.15, -0.1) is 0 Å². The fourth-order valence-electron chi connectivity index (χ4n) is 2.47. The first kappa shape index (κ1) is 15.9. The van der Waals surface area contributed by atoms with E-state index in [-0.39, 0.29) is 17.9 Å². The van der Waals surface area contributed by atoms with E-state index in [1.807, 2.05) is 0 Å². The molecule has 1 amide bonds. The molecule has 3 aromatic rings. The zero-order chi connectivity index (χ0) is 17.1. The number of pyridine rings is 1. The third kappa shape index (κ3) is 3.17. The van der Waals surface area contributed by atoms with Gasteiger partial charge in [-0.3, -0.25) is 9.78 Å². The Hall–Kier alpha value is -3.02. The highest BCUT2D eigenvalue weighted by atomic mass is 19.1. The zero-order valence-corrected chi connectivity index (χ0v) is 13.0. The molecule has 4 nitrogen and oxygen atoms in total. The largest absolute Gasteiger partial charge is 0.343 e. The molecule has 0 aliphatic carbocycles. The molecule has 2 heterocycles. The Balaban J connectivity index is 1.82. The number of carbonyl (C=O) groups is 1. The van der Waals surface area contributed by atoms with Crippen LogP contribution in [0.3, 0.4) is 0 Å². The van der Waals surface area contributed by atoms with Crippen LogP contribution in [0.2, 0.25) is 0 Å². The van der Waals surface area contributed by atoms with E-state index in [4.69, 9.17) is 0 Å². The van der Waals surface area contributed by atoms with E-state index >= 15 is 0 Å². The van der Waals surface area contributed by atoms with Crippen molar-refractivity contribution >= 4 is 11.6 Å². The number of rotatable bonds is 4. The lowest BCUT2D eigenvalue weighted by Gasteiger charge is -2.09. The van der Waals surface area contributed by atoms with Gasteiger partial charge in [-0.1, -0.05) is 6.07 Å². The lowest BCUT2D eigenvalue weighted by atomic mass is 10.1. The topological polar surface area (TPSA) is 46.9 Å². The second-order valence-electron chi connectivity index (χ2n) is 5.34. The van der Waals surface area contributed by atoms with Gasteiger partial charge in [0.15, 0.2) is 0 Å². The summed E-state index contributed by atoms with van der Waals surface area (Å²) in [6, 6.07) is 10.5. The Kier molecular flexibility index (Phi) is 4.37. The Labute approximate surface area is 137 Å². The van der Waals surface area contributed by atoms with Crippen molar-refractivity contribution in [2.24, 2.45) is 7.05 Å². The van der Waals surface area contributed by atoms with E-state index in [1.54, 1.807) is 42.1 Å². The molecular formula is C18H15F2N3O. The van der Waals surface area contributed by atoms with Gasteiger partial charge in [-0.05, 0) is 36.4 Å². The number of aromatic nitrogens is 2. The first-order valence-electron chi connectivity index (χ1n) is 7.35. The van der Waals surface area contributed by atoms with Crippen molar-refractivity contribution in [3.63, 3.8) is 0 Å². The third-order valence-electron chi connectivity index (χ3n) is 3.80. The first-order chi connectivity index (χ1) is 11.6. The van der Waals surface area contributed by atoms with E-state index in [2.05, 4.69) is 10.3 Å². The number of nitrogens with one attached hydrogen (secondary N) is 1. The van der Waals surface area contributed by atoms with Crippen LogP contribution in [0.5, 0.6) is 0 Å². The molecule has 2 aromatic heterocycles. The molecule has 24 heavy (non-hydrogen) atoms. The van der Waals surface area contributed by atoms with Gasteiger partial charge >= 0.3 is 0 Å². The van der Waals surface area contributed by atoms with Gasteiger partial charge in [-0.25, -0.2) is 8.78 Å². The Morgan fingerprint density at radius 1 is 1.12 bits per heavy atom. The highest BCUT2D eigenvalue weighted by Crippen LogP contribution is 2.19. The summed E-state index contributed by atoms with van der Waals surface area (Å²) >= 11 is 0. The van der Waals surface area contributed by atoms with Crippen LogP contribution >= 0.6 is 0 Å². The lowest BCUT2D eigenvalue weighted by molar-refractivity contribution is 0.101. The predicted octanol–water partition coefficient (Wildman–Crippen LogP) is 3.54. The molecule has 0 fully saturated rings. The number of hydrogen-bond acceptors (Lipinski definition) is 2. The van der Waals surface area contributed by atoms with Crippen LogP contribution < -0.4 is 5.32 Å². The molecule has 3 rings (SSSR count). The van der Waals surface area contributed by atoms with Crippen molar-refractivity contribution in [3.8, 4) is 0 Å². The number of amides is 1. The highest BCUT2D eigenvalue weighted by molar-refractivity contribution is 6.03. The Morgan fingerprint density at radius 2 is 1.88 bits per heavy atom. The standard InChI is InChI=1S/C18H15F2N3O/c1-23-13(10-14-15(19)5-2-6-16(14)20)7-8-17(23)18(24)22-12-4-3-9-21-11-12/h2-9,11H,10H2,1H3,(H,22,24). The number of anilines is 1. The second-order valence-corrected chi connectivity index (χ2v) is 5.34. The minimum absolute atomic E-state index is 0.0158. The maximum atomic E-state index is 13.8. The molecule has 0 bridgehead atoms. The van der Waals surface area contributed by atoms with Gasteiger partial charge in [0.2, 0.25) is 0 Å². The molecule has 0 aliphatic heterocycles. The number of nitrogens with zero attached hydrogens (tertiary/aromatic N) is 2. The first-order valence-corrected chi connectivity index (χ1v) is 7.35. The second kappa shape index (κ2) is 6.62. The lowest BCUT2D eigenvalue weighted by Crippen LogP contribution is -2.16. The van der Waals surface area contributed by atoms with Crippen molar-refractivity contribution < 1.29 is 13.6 Å².